The first-order chi connectivity index (χ1) is 15.0. The summed E-state index contributed by atoms with van der Waals surface area (Å²) in [7, 11) is 0. The maximum Gasteiger partial charge on any atom is 0.244 e. The van der Waals surface area contributed by atoms with Crippen molar-refractivity contribution in [2.45, 2.75) is 44.7 Å². The summed E-state index contributed by atoms with van der Waals surface area (Å²) in [5.74, 6) is -0.362. The lowest BCUT2D eigenvalue weighted by Gasteiger charge is -2.28. The highest BCUT2D eigenvalue weighted by Crippen LogP contribution is 2.56. The van der Waals surface area contributed by atoms with Gasteiger partial charge in [0.1, 0.15) is 6.04 Å². The predicted octanol–water partition coefficient (Wildman–Crippen LogP) is 3.51. The van der Waals surface area contributed by atoms with Gasteiger partial charge in [0.15, 0.2) is 0 Å². The van der Waals surface area contributed by atoms with E-state index in [4.69, 9.17) is 0 Å². The number of carbonyl (C=O) groups excluding carboxylic acids is 3. The van der Waals surface area contributed by atoms with Crippen molar-refractivity contribution >= 4 is 17.7 Å². The van der Waals surface area contributed by atoms with Gasteiger partial charge in [0.05, 0.1) is 17.9 Å². The second-order valence-corrected chi connectivity index (χ2v) is 9.28. The molecule has 0 spiro atoms. The molecule has 31 heavy (non-hydrogen) atoms. The largest absolute Gasteiger partial charge is 0.348 e. The van der Waals surface area contributed by atoms with Gasteiger partial charge in [-0.05, 0) is 49.1 Å². The number of imide groups is 1. The Bertz CT molecular complexity index is 962. The summed E-state index contributed by atoms with van der Waals surface area (Å²) in [6.45, 7) is 1.93. The van der Waals surface area contributed by atoms with Gasteiger partial charge in [0.2, 0.25) is 17.7 Å². The number of rotatable bonds is 6. The molecule has 6 atom stereocenters. The van der Waals surface area contributed by atoms with Crippen molar-refractivity contribution in [1.82, 2.24) is 10.2 Å². The van der Waals surface area contributed by atoms with Crippen LogP contribution in [-0.2, 0) is 20.8 Å². The summed E-state index contributed by atoms with van der Waals surface area (Å²) in [6.07, 6.45) is 3.38. The van der Waals surface area contributed by atoms with Crippen LogP contribution in [0.3, 0.4) is 0 Å². The van der Waals surface area contributed by atoms with E-state index < -0.39 is 6.04 Å². The molecule has 2 aliphatic carbocycles. The van der Waals surface area contributed by atoms with Crippen LogP contribution in [0.15, 0.2) is 60.7 Å². The lowest BCUT2D eigenvalue weighted by molar-refractivity contribution is -0.148. The molecule has 3 amide bonds. The summed E-state index contributed by atoms with van der Waals surface area (Å²) < 4.78 is 0. The van der Waals surface area contributed by atoms with Crippen LogP contribution >= 0.6 is 0 Å². The monoisotopic (exact) mass is 416 g/mol. The quantitative estimate of drug-likeness (QED) is 0.733. The third kappa shape index (κ3) is 3.46. The van der Waals surface area contributed by atoms with Crippen LogP contribution in [0, 0.1) is 23.7 Å². The molecule has 0 radical (unpaired) electrons. The zero-order valence-electron chi connectivity index (χ0n) is 17.7. The molecule has 3 aliphatic rings. The fourth-order valence-corrected chi connectivity index (χ4v) is 6.01. The van der Waals surface area contributed by atoms with Gasteiger partial charge in [-0.2, -0.15) is 0 Å². The Balaban J connectivity index is 1.43. The molecule has 5 nitrogen and oxygen atoms in total. The normalized spacial score (nSPS) is 28.5. The average molecular weight is 417 g/mol. The van der Waals surface area contributed by atoms with Crippen LogP contribution < -0.4 is 5.32 Å². The van der Waals surface area contributed by atoms with Gasteiger partial charge in [-0.25, -0.2) is 0 Å². The topological polar surface area (TPSA) is 66.5 Å². The second-order valence-electron chi connectivity index (χ2n) is 9.28. The van der Waals surface area contributed by atoms with E-state index in [1.807, 2.05) is 67.6 Å². The van der Waals surface area contributed by atoms with E-state index in [1.165, 1.54) is 4.90 Å². The van der Waals surface area contributed by atoms with E-state index in [0.29, 0.717) is 18.3 Å². The van der Waals surface area contributed by atoms with Crippen molar-refractivity contribution in [3.63, 3.8) is 0 Å². The van der Waals surface area contributed by atoms with Gasteiger partial charge in [0, 0.05) is 6.42 Å². The molecule has 160 valence electrons. The maximum absolute atomic E-state index is 13.5. The fraction of sp³-hybridized carbons (Fsp3) is 0.423. The first kappa shape index (κ1) is 20.0. The van der Waals surface area contributed by atoms with E-state index in [-0.39, 0.29) is 35.6 Å². The third-order valence-corrected chi connectivity index (χ3v) is 7.51. The molecule has 1 aliphatic heterocycles. The van der Waals surface area contributed by atoms with Gasteiger partial charge >= 0.3 is 0 Å². The lowest BCUT2D eigenvalue weighted by Crippen LogP contribution is -2.52. The lowest BCUT2D eigenvalue weighted by atomic mass is 9.81. The average Bonchev–Trinajstić information content (AvgIpc) is 3.47. The Kier molecular flexibility index (Phi) is 5.12. The number of fused-ring (bicyclic) bond motifs is 5. The number of nitrogens with one attached hydrogen (secondary N) is 1. The van der Waals surface area contributed by atoms with Gasteiger partial charge < -0.3 is 5.32 Å². The molecule has 5 rings (SSSR count). The Morgan fingerprint density at radius 1 is 0.935 bits per heavy atom. The highest BCUT2D eigenvalue weighted by atomic mass is 16.2. The van der Waals surface area contributed by atoms with Gasteiger partial charge in [-0.1, -0.05) is 60.7 Å². The smallest absolute Gasteiger partial charge is 0.244 e. The molecule has 1 saturated heterocycles. The van der Waals surface area contributed by atoms with Crippen LogP contribution in [0.25, 0.3) is 0 Å². The molecule has 5 heteroatoms. The minimum atomic E-state index is -0.821. The number of nitrogens with zero attached hydrogens (tertiary/aromatic N) is 1. The second kappa shape index (κ2) is 7.95. The molecule has 0 aromatic heterocycles. The van der Waals surface area contributed by atoms with E-state index in [2.05, 4.69) is 5.32 Å². The summed E-state index contributed by atoms with van der Waals surface area (Å²) in [6, 6.07) is 18.3. The van der Waals surface area contributed by atoms with Crippen molar-refractivity contribution in [1.29, 1.82) is 0 Å². The molecule has 2 aromatic carbocycles. The number of likely N-dealkylation sites (tertiary alicyclic amines) is 1. The Labute approximate surface area is 182 Å². The van der Waals surface area contributed by atoms with Gasteiger partial charge in [0.25, 0.3) is 0 Å². The van der Waals surface area contributed by atoms with Crippen LogP contribution in [0.1, 0.15) is 43.4 Å². The predicted molar refractivity (Wildman–Crippen MR) is 117 cm³/mol. The number of amides is 3. The molecule has 2 aromatic rings. The first-order valence-electron chi connectivity index (χ1n) is 11.3. The molecule has 3 fully saturated rings. The van der Waals surface area contributed by atoms with Crippen LogP contribution in [-0.4, -0.2) is 28.7 Å². The molecule has 2 saturated carbocycles. The molecule has 0 unspecified atom stereocenters. The van der Waals surface area contributed by atoms with E-state index in [1.54, 1.807) is 0 Å². The number of benzene rings is 2. The van der Waals surface area contributed by atoms with Gasteiger partial charge in [-0.3, -0.25) is 19.3 Å². The SMILES string of the molecule is C[C@@H](NC(=O)[C@H](Cc1ccccc1)N1C(=O)[C@@H]2[C@H]3CC[C@@H](C3)[C@@H]2C1=O)c1ccccc1. The minimum absolute atomic E-state index is 0.134. The fourth-order valence-electron chi connectivity index (χ4n) is 6.01. The maximum atomic E-state index is 13.5. The Hall–Kier alpha value is -2.95. The van der Waals surface area contributed by atoms with Crippen molar-refractivity contribution in [3.8, 4) is 0 Å². The molecule has 2 bridgehead atoms. The first-order valence-corrected chi connectivity index (χ1v) is 11.3. The number of hydrogen-bond acceptors (Lipinski definition) is 3. The van der Waals surface area contributed by atoms with Crippen LogP contribution in [0.5, 0.6) is 0 Å². The molecule has 1 N–H and O–H groups in total. The van der Waals surface area contributed by atoms with Crippen molar-refractivity contribution in [3.05, 3.63) is 71.8 Å². The standard InChI is InChI=1S/C26H28N2O3/c1-16(18-10-6-3-7-11-18)27-24(29)21(14-17-8-4-2-5-9-17)28-25(30)22-19-12-13-20(15-19)23(22)26(28)31/h2-11,16,19-23H,12-15H2,1H3,(H,27,29)/t16-,19+,20+,21+,22-,23+/m1/s1. The summed E-state index contributed by atoms with van der Waals surface area (Å²) >= 11 is 0. The summed E-state index contributed by atoms with van der Waals surface area (Å²) in [5, 5.41) is 3.05. The highest BCUT2D eigenvalue weighted by molar-refractivity contribution is 6.09. The highest BCUT2D eigenvalue weighted by Gasteiger charge is 2.62. The molecular formula is C26H28N2O3. The Morgan fingerprint density at radius 3 is 2.06 bits per heavy atom. The molecular weight excluding hydrogens is 388 g/mol. The summed E-state index contributed by atoms with van der Waals surface area (Å²) in [4.78, 5) is 41.6. The Morgan fingerprint density at radius 2 is 1.48 bits per heavy atom. The van der Waals surface area contributed by atoms with Gasteiger partial charge in [-0.15, -0.1) is 0 Å². The van der Waals surface area contributed by atoms with Crippen LogP contribution in [0.4, 0.5) is 0 Å². The van der Waals surface area contributed by atoms with E-state index in [9.17, 15) is 14.4 Å². The van der Waals surface area contributed by atoms with Crippen molar-refractivity contribution in [2.75, 3.05) is 0 Å². The van der Waals surface area contributed by atoms with Crippen LogP contribution in [0.2, 0.25) is 0 Å². The minimum Gasteiger partial charge on any atom is -0.348 e. The van der Waals surface area contributed by atoms with E-state index >= 15 is 0 Å². The van der Waals surface area contributed by atoms with Crippen molar-refractivity contribution < 1.29 is 14.4 Å². The van der Waals surface area contributed by atoms with E-state index in [0.717, 1.165) is 30.4 Å². The molecule has 1 heterocycles. The van der Waals surface area contributed by atoms with Crippen molar-refractivity contribution in [2.24, 2.45) is 23.7 Å². The third-order valence-electron chi connectivity index (χ3n) is 7.51. The zero-order chi connectivity index (χ0) is 21.5. The zero-order valence-corrected chi connectivity index (χ0v) is 17.7. The number of hydrogen-bond donors (Lipinski definition) is 1. The summed E-state index contributed by atoms with van der Waals surface area (Å²) in [5.41, 5.74) is 1.93. The number of carbonyl (C=O) groups is 3.